The van der Waals surface area contributed by atoms with Crippen molar-refractivity contribution in [3.8, 4) is 11.5 Å². The molecule has 3 aromatic rings. The first-order valence-electron chi connectivity index (χ1n) is 7.95. The molecule has 0 aliphatic carbocycles. The van der Waals surface area contributed by atoms with Gasteiger partial charge >= 0.3 is 11.8 Å². The maximum absolute atomic E-state index is 11.3. The van der Waals surface area contributed by atoms with E-state index in [0.29, 0.717) is 37.0 Å². The Balaban J connectivity index is 1.94. The number of halogens is 4. The zero-order chi connectivity index (χ0) is 20.1. The van der Waals surface area contributed by atoms with Gasteiger partial charge in [0.1, 0.15) is 0 Å². The normalized spacial score (nSPS) is 14.1. The van der Waals surface area contributed by atoms with Gasteiger partial charge in [-0.2, -0.15) is 0 Å². The van der Waals surface area contributed by atoms with Crippen LogP contribution in [0.25, 0.3) is 0 Å². The van der Waals surface area contributed by atoms with Crippen molar-refractivity contribution < 1.29 is 19.4 Å². The highest BCUT2D eigenvalue weighted by atomic mass is 35.5. The number of rotatable bonds is 3. The number of fused-ring (bicyclic) bond motifs is 1. The Labute approximate surface area is 180 Å². The lowest BCUT2D eigenvalue weighted by Crippen LogP contribution is -2.37. The van der Waals surface area contributed by atoms with Crippen LogP contribution in [0.15, 0.2) is 54.6 Å². The molecule has 28 heavy (non-hydrogen) atoms. The van der Waals surface area contributed by atoms with Crippen LogP contribution in [0.1, 0.15) is 21.5 Å². The average Bonchev–Trinajstić information content (AvgIpc) is 3.00. The monoisotopic (exact) mass is 454 g/mol. The van der Waals surface area contributed by atoms with Crippen molar-refractivity contribution in [3.63, 3.8) is 0 Å². The Morgan fingerprint density at radius 1 is 0.714 bits per heavy atom. The Morgan fingerprint density at radius 2 is 1.18 bits per heavy atom. The number of carboxylic acids is 1. The standard InChI is InChI=1S/C20H10Cl4O4/c21-13-4-11(5-14(22)8-13)20(12-6-15(23)9-16(24)7-12)27-17-2-1-10(19(25)26)3-18(17)28-20/h1-9H,(H,25,26). The summed E-state index contributed by atoms with van der Waals surface area (Å²) in [5, 5.41) is 10.8. The van der Waals surface area contributed by atoms with Crippen LogP contribution in [0, 0.1) is 0 Å². The minimum absolute atomic E-state index is 0.0615. The molecule has 8 heteroatoms. The zero-order valence-corrected chi connectivity index (χ0v) is 16.9. The summed E-state index contributed by atoms with van der Waals surface area (Å²) in [5.74, 6) is -1.97. The first-order valence-corrected chi connectivity index (χ1v) is 9.46. The van der Waals surface area contributed by atoms with Crippen LogP contribution < -0.4 is 9.47 Å². The summed E-state index contributed by atoms with van der Waals surface area (Å²) in [6, 6.07) is 14.1. The van der Waals surface area contributed by atoms with Gasteiger partial charge < -0.3 is 14.6 Å². The fraction of sp³-hybridized carbons (Fsp3) is 0.0500. The lowest BCUT2D eigenvalue weighted by atomic mass is 9.97. The Bertz CT molecular complexity index is 1020. The van der Waals surface area contributed by atoms with Gasteiger partial charge in [-0.25, -0.2) is 4.79 Å². The van der Waals surface area contributed by atoms with Crippen LogP contribution in [0.5, 0.6) is 11.5 Å². The van der Waals surface area contributed by atoms with Crippen LogP contribution in [0.3, 0.4) is 0 Å². The van der Waals surface area contributed by atoms with Gasteiger partial charge in [-0.1, -0.05) is 46.4 Å². The Kier molecular flexibility index (Phi) is 4.84. The molecule has 0 bridgehead atoms. The molecular formula is C20H10Cl4O4. The molecule has 3 aromatic carbocycles. The lowest BCUT2D eigenvalue weighted by molar-refractivity contribution is -0.0459. The summed E-state index contributed by atoms with van der Waals surface area (Å²) in [7, 11) is 0. The molecule has 1 aliphatic rings. The summed E-state index contributed by atoms with van der Waals surface area (Å²) < 4.78 is 12.3. The van der Waals surface area contributed by atoms with Crippen LogP contribution in [0.4, 0.5) is 0 Å². The SMILES string of the molecule is O=C(O)c1ccc2c(c1)OC(c1cc(Cl)cc(Cl)c1)(c1cc(Cl)cc(Cl)c1)O2. The van der Waals surface area contributed by atoms with Crippen LogP contribution in [0.2, 0.25) is 20.1 Å². The van der Waals surface area contributed by atoms with E-state index in [1.165, 1.54) is 18.2 Å². The predicted octanol–water partition coefficient (Wildman–Crippen LogP) is 6.67. The third-order valence-corrected chi connectivity index (χ3v) is 5.06. The largest absolute Gasteiger partial charge is 0.478 e. The van der Waals surface area contributed by atoms with Crippen LogP contribution in [-0.2, 0) is 5.79 Å². The number of hydrogen-bond donors (Lipinski definition) is 1. The fourth-order valence-electron chi connectivity index (χ4n) is 3.03. The van der Waals surface area contributed by atoms with Crippen LogP contribution >= 0.6 is 46.4 Å². The molecule has 0 atom stereocenters. The van der Waals surface area contributed by atoms with Crippen LogP contribution in [-0.4, -0.2) is 11.1 Å². The Hall–Kier alpha value is -2.11. The van der Waals surface area contributed by atoms with Gasteiger partial charge in [0.05, 0.1) is 5.56 Å². The van der Waals surface area contributed by atoms with Gasteiger partial charge in [0.15, 0.2) is 11.5 Å². The number of carboxylic acid groups (broad SMARTS) is 1. The molecule has 0 saturated carbocycles. The quantitative estimate of drug-likeness (QED) is 0.479. The highest BCUT2D eigenvalue weighted by molar-refractivity contribution is 6.35. The van der Waals surface area contributed by atoms with E-state index in [1.54, 1.807) is 36.4 Å². The zero-order valence-electron chi connectivity index (χ0n) is 13.9. The molecule has 0 radical (unpaired) electrons. The maximum Gasteiger partial charge on any atom is 0.335 e. The molecular weight excluding hydrogens is 446 g/mol. The highest BCUT2D eigenvalue weighted by Gasteiger charge is 2.46. The molecule has 0 amide bonds. The van der Waals surface area contributed by atoms with Crippen molar-refractivity contribution in [3.05, 3.63) is 91.4 Å². The number of carbonyl (C=O) groups is 1. The minimum Gasteiger partial charge on any atom is -0.478 e. The number of ether oxygens (including phenoxy) is 2. The maximum atomic E-state index is 11.3. The number of benzene rings is 3. The smallest absolute Gasteiger partial charge is 0.335 e. The van der Waals surface area contributed by atoms with Crippen molar-refractivity contribution in [2.24, 2.45) is 0 Å². The summed E-state index contributed by atoms with van der Waals surface area (Å²) in [6.45, 7) is 0. The van der Waals surface area contributed by atoms with Crippen molar-refractivity contribution in [2.45, 2.75) is 5.79 Å². The van der Waals surface area contributed by atoms with Gasteiger partial charge in [-0.15, -0.1) is 0 Å². The first kappa shape index (κ1) is 19.2. The number of hydrogen-bond acceptors (Lipinski definition) is 3. The van der Waals surface area contributed by atoms with E-state index in [-0.39, 0.29) is 11.3 Å². The molecule has 0 aromatic heterocycles. The molecule has 0 saturated heterocycles. The van der Waals surface area contributed by atoms with E-state index in [4.69, 9.17) is 55.9 Å². The molecule has 1 aliphatic heterocycles. The second-order valence-corrected chi connectivity index (χ2v) is 7.85. The molecule has 1 heterocycles. The van der Waals surface area contributed by atoms with E-state index < -0.39 is 11.8 Å². The molecule has 4 nitrogen and oxygen atoms in total. The summed E-state index contributed by atoms with van der Waals surface area (Å²) in [6.07, 6.45) is 0. The van der Waals surface area contributed by atoms with Crippen molar-refractivity contribution in [1.82, 2.24) is 0 Å². The van der Waals surface area contributed by atoms with E-state index in [2.05, 4.69) is 0 Å². The Morgan fingerprint density at radius 3 is 1.64 bits per heavy atom. The van der Waals surface area contributed by atoms with E-state index >= 15 is 0 Å². The predicted molar refractivity (Wildman–Crippen MR) is 108 cm³/mol. The van der Waals surface area contributed by atoms with Gasteiger partial charge in [0.2, 0.25) is 0 Å². The molecule has 142 valence electrons. The van der Waals surface area contributed by atoms with E-state index in [9.17, 15) is 9.90 Å². The molecule has 0 spiro atoms. The summed E-state index contributed by atoms with van der Waals surface area (Å²) >= 11 is 24.8. The first-order chi connectivity index (χ1) is 13.3. The third-order valence-electron chi connectivity index (χ3n) is 4.18. The van der Waals surface area contributed by atoms with Gasteiger partial charge in [0.25, 0.3) is 0 Å². The molecule has 4 rings (SSSR count). The van der Waals surface area contributed by atoms with Crippen molar-refractivity contribution in [2.75, 3.05) is 0 Å². The third kappa shape index (κ3) is 3.38. The molecule has 0 fully saturated rings. The second kappa shape index (κ2) is 7.05. The minimum atomic E-state index is -1.50. The van der Waals surface area contributed by atoms with Gasteiger partial charge in [-0.05, 0) is 54.6 Å². The second-order valence-electron chi connectivity index (χ2n) is 6.10. The highest BCUT2D eigenvalue weighted by Crippen LogP contribution is 2.49. The lowest BCUT2D eigenvalue weighted by Gasteiger charge is -2.29. The fourth-order valence-corrected chi connectivity index (χ4v) is 4.08. The molecule has 1 N–H and O–H groups in total. The van der Waals surface area contributed by atoms with E-state index in [1.807, 2.05) is 0 Å². The van der Waals surface area contributed by atoms with Gasteiger partial charge in [-0.3, -0.25) is 0 Å². The number of aromatic carboxylic acids is 1. The average molecular weight is 456 g/mol. The van der Waals surface area contributed by atoms with Crippen molar-refractivity contribution in [1.29, 1.82) is 0 Å². The summed E-state index contributed by atoms with van der Waals surface area (Å²) in [5.41, 5.74) is 1.05. The topological polar surface area (TPSA) is 55.8 Å². The van der Waals surface area contributed by atoms with Crippen molar-refractivity contribution >= 4 is 52.4 Å². The van der Waals surface area contributed by atoms with E-state index in [0.717, 1.165) is 0 Å². The molecule has 0 unspecified atom stereocenters. The van der Waals surface area contributed by atoms with Gasteiger partial charge in [0, 0.05) is 31.2 Å². The summed E-state index contributed by atoms with van der Waals surface area (Å²) in [4.78, 5) is 11.3.